The Morgan fingerprint density at radius 1 is 1.56 bits per heavy atom. The van der Waals surface area contributed by atoms with Crippen LogP contribution < -0.4 is 0 Å². The van der Waals surface area contributed by atoms with Gasteiger partial charge in [-0.05, 0) is 40.9 Å². The van der Waals surface area contributed by atoms with Gasteiger partial charge in [0.15, 0.2) is 0 Å². The van der Waals surface area contributed by atoms with Gasteiger partial charge in [0.2, 0.25) is 0 Å². The lowest BCUT2D eigenvalue weighted by Crippen LogP contribution is -2.34. The molecule has 0 aliphatic heterocycles. The molecule has 1 aliphatic carbocycles. The first-order valence-corrected chi connectivity index (χ1v) is 6.92. The van der Waals surface area contributed by atoms with E-state index < -0.39 is 0 Å². The summed E-state index contributed by atoms with van der Waals surface area (Å²) in [7, 11) is 1.76. The van der Waals surface area contributed by atoms with E-state index in [0.717, 1.165) is 23.7 Å². The molecule has 1 aromatic rings. The van der Waals surface area contributed by atoms with Crippen LogP contribution in [0, 0.1) is 5.92 Å². The molecule has 1 fully saturated rings. The molecule has 5 heteroatoms. The number of carbonyl (C=O) groups excluding carboxylic acids is 1. The molecule has 0 saturated heterocycles. The maximum Gasteiger partial charge on any atom is 0.272 e. The third-order valence-corrected chi connectivity index (χ3v) is 3.89. The first-order chi connectivity index (χ1) is 8.58. The van der Waals surface area contributed by atoms with E-state index in [1.54, 1.807) is 30.3 Å². The highest BCUT2D eigenvalue weighted by Crippen LogP contribution is 2.26. The van der Waals surface area contributed by atoms with Crippen molar-refractivity contribution >= 4 is 21.8 Å². The summed E-state index contributed by atoms with van der Waals surface area (Å²) in [4.78, 5) is 17.9. The van der Waals surface area contributed by atoms with Crippen molar-refractivity contribution in [2.75, 3.05) is 13.6 Å². The molecule has 1 aliphatic rings. The van der Waals surface area contributed by atoms with Crippen LogP contribution in [0.4, 0.5) is 0 Å². The van der Waals surface area contributed by atoms with Gasteiger partial charge in [-0.2, -0.15) is 0 Å². The van der Waals surface area contributed by atoms with E-state index in [1.807, 2.05) is 0 Å². The molecule has 1 heterocycles. The Bertz CT molecular complexity index is 422. The zero-order valence-electron chi connectivity index (χ0n) is 10.3. The molecule has 18 heavy (non-hydrogen) atoms. The SMILES string of the molecule is CN(CC1CCCC1O)C(=O)c1ccc(Br)cn1. The zero-order chi connectivity index (χ0) is 13.1. The quantitative estimate of drug-likeness (QED) is 0.929. The van der Waals surface area contributed by atoms with Crippen molar-refractivity contribution in [2.45, 2.75) is 25.4 Å². The van der Waals surface area contributed by atoms with Crippen molar-refractivity contribution in [1.29, 1.82) is 0 Å². The normalized spacial score (nSPS) is 23.1. The molecule has 2 unspecified atom stereocenters. The second kappa shape index (κ2) is 5.80. The molecular weight excluding hydrogens is 296 g/mol. The largest absolute Gasteiger partial charge is 0.393 e. The second-order valence-corrected chi connectivity index (χ2v) is 5.72. The Morgan fingerprint density at radius 2 is 2.33 bits per heavy atom. The number of amides is 1. The molecule has 98 valence electrons. The molecule has 0 radical (unpaired) electrons. The number of pyridine rings is 1. The van der Waals surface area contributed by atoms with E-state index in [2.05, 4.69) is 20.9 Å². The highest BCUT2D eigenvalue weighted by atomic mass is 79.9. The van der Waals surface area contributed by atoms with E-state index >= 15 is 0 Å². The Labute approximate surface area is 115 Å². The van der Waals surface area contributed by atoms with Crippen LogP contribution in [0.25, 0.3) is 0 Å². The van der Waals surface area contributed by atoms with Gasteiger partial charge in [0.05, 0.1) is 6.10 Å². The number of carbonyl (C=O) groups is 1. The average Bonchev–Trinajstić information content (AvgIpc) is 2.75. The third-order valence-electron chi connectivity index (χ3n) is 3.42. The Morgan fingerprint density at radius 3 is 2.89 bits per heavy atom. The Hall–Kier alpha value is -0.940. The number of hydrogen-bond acceptors (Lipinski definition) is 3. The van der Waals surface area contributed by atoms with E-state index in [4.69, 9.17) is 0 Å². The lowest BCUT2D eigenvalue weighted by atomic mass is 10.1. The van der Waals surface area contributed by atoms with Gasteiger partial charge >= 0.3 is 0 Å². The molecule has 1 amide bonds. The number of aromatic nitrogens is 1. The lowest BCUT2D eigenvalue weighted by Gasteiger charge is -2.23. The summed E-state index contributed by atoms with van der Waals surface area (Å²) in [5.41, 5.74) is 0.438. The van der Waals surface area contributed by atoms with Gasteiger partial charge in [-0.3, -0.25) is 4.79 Å². The highest BCUT2D eigenvalue weighted by Gasteiger charge is 2.27. The highest BCUT2D eigenvalue weighted by molar-refractivity contribution is 9.10. The molecule has 4 nitrogen and oxygen atoms in total. The molecular formula is C13H17BrN2O2. The maximum atomic E-state index is 12.1. The topological polar surface area (TPSA) is 53.4 Å². The van der Waals surface area contributed by atoms with Crippen molar-refractivity contribution < 1.29 is 9.90 Å². The van der Waals surface area contributed by atoms with Crippen LogP contribution in [-0.4, -0.2) is 40.6 Å². The molecule has 1 N–H and O–H groups in total. The van der Waals surface area contributed by atoms with E-state index in [1.165, 1.54) is 0 Å². The second-order valence-electron chi connectivity index (χ2n) is 4.81. The number of hydrogen-bond donors (Lipinski definition) is 1. The molecule has 0 bridgehead atoms. The fourth-order valence-corrected chi connectivity index (χ4v) is 2.60. The van der Waals surface area contributed by atoms with Crippen molar-refractivity contribution in [3.8, 4) is 0 Å². The van der Waals surface area contributed by atoms with Crippen LogP contribution in [0.2, 0.25) is 0 Å². The lowest BCUT2D eigenvalue weighted by molar-refractivity contribution is 0.0688. The predicted octanol–water partition coefficient (Wildman–Crippen LogP) is 2.08. The van der Waals surface area contributed by atoms with E-state index in [-0.39, 0.29) is 17.9 Å². The summed E-state index contributed by atoms with van der Waals surface area (Å²) in [6.45, 7) is 0.595. The van der Waals surface area contributed by atoms with Gasteiger partial charge in [-0.1, -0.05) is 6.42 Å². The molecule has 0 aromatic carbocycles. The summed E-state index contributed by atoms with van der Waals surface area (Å²) < 4.78 is 0.855. The molecule has 1 aromatic heterocycles. The maximum absolute atomic E-state index is 12.1. The van der Waals surface area contributed by atoms with Crippen LogP contribution in [0.15, 0.2) is 22.8 Å². The predicted molar refractivity (Wildman–Crippen MR) is 72.2 cm³/mol. The third kappa shape index (κ3) is 3.09. The van der Waals surface area contributed by atoms with E-state index in [0.29, 0.717) is 12.2 Å². The molecule has 2 atom stereocenters. The number of halogens is 1. The van der Waals surface area contributed by atoms with Crippen LogP contribution in [0.5, 0.6) is 0 Å². The monoisotopic (exact) mass is 312 g/mol. The van der Waals surface area contributed by atoms with Crippen molar-refractivity contribution in [2.24, 2.45) is 5.92 Å². The summed E-state index contributed by atoms with van der Waals surface area (Å²) in [5.74, 6) is 0.107. The first-order valence-electron chi connectivity index (χ1n) is 6.13. The smallest absolute Gasteiger partial charge is 0.272 e. The minimum Gasteiger partial charge on any atom is -0.393 e. The van der Waals surface area contributed by atoms with Gasteiger partial charge in [0.25, 0.3) is 5.91 Å². The Balaban J connectivity index is 1.98. The van der Waals surface area contributed by atoms with Gasteiger partial charge in [0.1, 0.15) is 5.69 Å². The number of aliphatic hydroxyl groups is 1. The van der Waals surface area contributed by atoms with Crippen molar-refractivity contribution in [1.82, 2.24) is 9.88 Å². The van der Waals surface area contributed by atoms with Gasteiger partial charge in [-0.25, -0.2) is 4.98 Å². The van der Waals surface area contributed by atoms with Crippen molar-refractivity contribution in [3.63, 3.8) is 0 Å². The van der Waals surface area contributed by atoms with Crippen molar-refractivity contribution in [3.05, 3.63) is 28.5 Å². The average molecular weight is 313 g/mol. The summed E-state index contributed by atoms with van der Waals surface area (Å²) >= 11 is 3.29. The number of nitrogens with zero attached hydrogens (tertiary/aromatic N) is 2. The Kier molecular flexibility index (Phi) is 4.35. The van der Waals surface area contributed by atoms with Crippen LogP contribution >= 0.6 is 15.9 Å². The number of aliphatic hydroxyl groups excluding tert-OH is 1. The van der Waals surface area contributed by atoms with Crippen LogP contribution in [0.1, 0.15) is 29.8 Å². The zero-order valence-corrected chi connectivity index (χ0v) is 11.9. The summed E-state index contributed by atoms with van der Waals surface area (Å²) in [6.07, 6.45) is 4.24. The first kappa shape index (κ1) is 13.5. The fraction of sp³-hybridized carbons (Fsp3) is 0.538. The fourth-order valence-electron chi connectivity index (χ4n) is 2.36. The number of rotatable bonds is 3. The van der Waals surface area contributed by atoms with Crippen LogP contribution in [-0.2, 0) is 0 Å². The van der Waals surface area contributed by atoms with Gasteiger partial charge < -0.3 is 10.0 Å². The molecule has 1 saturated carbocycles. The molecule has 0 spiro atoms. The minimum atomic E-state index is -0.266. The van der Waals surface area contributed by atoms with E-state index in [9.17, 15) is 9.90 Å². The standard InChI is InChI=1S/C13H17BrN2O2/c1-16(8-9-3-2-4-12(9)17)13(18)11-6-5-10(14)7-15-11/h5-7,9,12,17H,2-4,8H2,1H3. The van der Waals surface area contributed by atoms with Crippen LogP contribution in [0.3, 0.4) is 0 Å². The summed E-state index contributed by atoms with van der Waals surface area (Å²) in [5, 5.41) is 9.77. The molecule has 2 rings (SSSR count). The summed E-state index contributed by atoms with van der Waals surface area (Å²) in [6, 6.07) is 3.51. The minimum absolute atomic E-state index is 0.0957. The van der Waals surface area contributed by atoms with Gasteiger partial charge in [0, 0.05) is 30.2 Å². The van der Waals surface area contributed by atoms with Gasteiger partial charge in [-0.15, -0.1) is 0 Å².